The Kier molecular flexibility index (Phi) is 7.57. The second-order valence-corrected chi connectivity index (χ2v) is 7.18. The first kappa shape index (κ1) is 16.8. The van der Waals surface area contributed by atoms with E-state index in [9.17, 15) is 0 Å². The van der Waals surface area contributed by atoms with Gasteiger partial charge in [-0.2, -0.15) is 0 Å². The van der Waals surface area contributed by atoms with E-state index in [1.54, 1.807) is 0 Å². The van der Waals surface area contributed by atoms with E-state index in [1.807, 2.05) is 6.08 Å². The van der Waals surface area contributed by atoms with E-state index >= 15 is 0 Å². The molecule has 0 heterocycles. The number of hydrogen-bond acceptors (Lipinski definition) is 1. The Bertz CT molecular complexity index is 293. The Morgan fingerprint density at radius 1 is 0.810 bits per heavy atom. The van der Waals surface area contributed by atoms with Gasteiger partial charge >= 0.3 is 0 Å². The minimum absolute atomic E-state index is 0.532. The molecule has 1 heteroatoms. The first-order chi connectivity index (χ1) is 10.3. The molecule has 2 aliphatic carbocycles. The van der Waals surface area contributed by atoms with Gasteiger partial charge in [-0.25, -0.2) is 0 Å². The van der Waals surface area contributed by atoms with Crippen LogP contribution < -0.4 is 0 Å². The van der Waals surface area contributed by atoms with Crippen molar-refractivity contribution in [3.63, 3.8) is 0 Å². The van der Waals surface area contributed by atoms with E-state index in [1.165, 1.54) is 64.2 Å². The molecule has 2 aliphatic rings. The van der Waals surface area contributed by atoms with Crippen LogP contribution in [0.15, 0.2) is 25.3 Å². The predicted octanol–water partition coefficient (Wildman–Crippen LogP) is 5.91. The largest absolute Gasteiger partial charge is 0.378 e. The smallest absolute Gasteiger partial charge is 0.0575 e. The van der Waals surface area contributed by atoms with E-state index in [0.29, 0.717) is 6.10 Å². The summed E-state index contributed by atoms with van der Waals surface area (Å²) in [6, 6.07) is 0. The van der Waals surface area contributed by atoms with Crippen LogP contribution in [0.3, 0.4) is 0 Å². The quantitative estimate of drug-likeness (QED) is 0.399. The zero-order chi connectivity index (χ0) is 14.9. The highest BCUT2D eigenvalue weighted by Gasteiger charge is 2.24. The Hall–Kier alpha value is -0.560. The molecule has 0 aliphatic heterocycles. The number of rotatable bonds is 8. The van der Waals surface area contributed by atoms with Crippen LogP contribution in [-0.4, -0.2) is 12.7 Å². The second kappa shape index (κ2) is 9.46. The predicted molar refractivity (Wildman–Crippen MR) is 91.4 cm³/mol. The molecule has 2 rings (SSSR count). The van der Waals surface area contributed by atoms with Crippen LogP contribution in [0.25, 0.3) is 0 Å². The summed E-state index contributed by atoms with van der Waals surface area (Å²) < 4.78 is 5.91. The molecular formula is C20H34O. The highest BCUT2D eigenvalue weighted by Crippen LogP contribution is 2.35. The molecule has 0 aromatic rings. The van der Waals surface area contributed by atoms with Crippen molar-refractivity contribution in [1.82, 2.24) is 0 Å². The van der Waals surface area contributed by atoms with Gasteiger partial charge in [0.25, 0.3) is 0 Å². The third kappa shape index (κ3) is 5.98. The fourth-order valence-corrected chi connectivity index (χ4v) is 4.09. The van der Waals surface area contributed by atoms with Crippen LogP contribution in [0.2, 0.25) is 0 Å². The molecule has 0 N–H and O–H groups in total. The first-order valence-electron chi connectivity index (χ1n) is 9.16. The fraction of sp³-hybridized carbons (Fsp3) is 0.800. The molecule has 0 atom stereocenters. The number of allylic oxidation sites excluding steroid dienone is 1. The Balaban J connectivity index is 1.54. The molecule has 2 saturated carbocycles. The van der Waals surface area contributed by atoms with E-state index < -0.39 is 0 Å². The van der Waals surface area contributed by atoms with Gasteiger partial charge in [-0.3, -0.25) is 0 Å². The van der Waals surface area contributed by atoms with Crippen molar-refractivity contribution >= 4 is 0 Å². The summed E-state index contributed by atoms with van der Waals surface area (Å²) in [6.07, 6.45) is 19.6. The van der Waals surface area contributed by atoms with Gasteiger partial charge in [0.1, 0.15) is 0 Å². The molecule has 0 saturated heterocycles. The molecule has 0 amide bonds. The maximum absolute atomic E-state index is 5.91. The zero-order valence-electron chi connectivity index (χ0n) is 13.8. The van der Waals surface area contributed by atoms with Crippen LogP contribution in [0.4, 0.5) is 0 Å². The van der Waals surface area contributed by atoms with Gasteiger partial charge in [0.2, 0.25) is 0 Å². The molecule has 21 heavy (non-hydrogen) atoms. The lowest BCUT2D eigenvalue weighted by atomic mass is 9.77. The Labute approximate surface area is 131 Å². The second-order valence-electron chi connectivity index (χ2n) is 7.18. The van der Waals surface area contributed by atoms with E-state index in [4.69, 9.17) is 4.74 Å². The highest BCUT2D eigenvalue weighted by atomic mass is 16.5. The maximum atomic E-state index is 5.91. The summed E-state index contributed by atoms with van der Waals surface area (Å²) >= 11 is 0. The van der Waals surface area contributed by atoms with Crippen molar-refractivity contribution in [3.8, 4) is 0 Å². The fourth-order valence-electron chi connectivity index (χ4n) is 4.09. The lowest BCUT2D eigenvalue weighted by Gasteiger charge is -2.31. The molecule has 0 unspecified atom stereocenters. The summed E-state index contributed by atoms with van der Waals surface area (Å²) in [7, 11) is 0. The minimum atomic E-state index is 0.532. The molecule has 0 bridgehead atoms. The average molecular weight is 290 g/mol. The lowest BCUT2D eigenvalue weighted by Crippen LogP contribution is -2.23. The van der Waals surface area contributed by atoms with E-state index in [-0.39, 0.29) is 0 Å². The van der Waals surface area contributed by atoms with Crippen LogP contribution in [0.1, 0.15) is 70.6 Å². The van der Waals surface area contributed by atoms with Gasteiger partial charge in [-0.05, 0) is 75.5 Å². The van der Waals surface area contributed by atoms with E-state index in [0.717, 1.165) is 30.8 Å². The molecule has 0 aromatic carbocycles. The average Bonchev–Trinajstić information content (AvgIpc) is 2.55. The van der Waals surface area contributed by atoms with Gasteiger partial charge in [0.05, 0.1) is 12.7 Å². The van der Waals surface area contributed by atoms with Gasteiger partial charge in [-0.1, -0.05) is 25.0 Å². The van der Waals surface area contributed by atoms with Gasteiger partial charge in [-0.15, -0.1) is 13.2 Å². The van der Waals surface area contributed by atoms with Crippen LogP contribution in [0, 0.1) is 17.8 Å². The normalized spacial score (nSPS) is 33.5. The maximum Gasteiger partial charge on any atom is 0.0575 e. The van der Waals surface area contributed by atoms with Crippen molar-refractivity contribution < 1.29 is 4.74 Å². The molecule has 0 spiro atoms. The summed E-state index contributed by atoms with van der Waals surface area (Å²) in [5.41, 5.74) is 0. The summed E-state index contributed by atoms with van der Waals surface area (Å²) in [5, 5.41) is 0. The molecule has 120 valence electrons. The number of hydrogen-bond donors (Lipinski definition) is 0. The van der Waals surface area contributed by atoms with Crippen molar-refractivity contribution in [3.05, 3.63) is 25.3 Å². The van der Waals surface area contributed by atoms with Gasteiger partial charge in [0.15, 0.2) is 0 Å². The number of ether oxygens (including phenoxy) is 1. The third-order valence-corrected chi connectivity index (χ3v) is 5.68. The Morgan fingerprint density at radius 2 is 1.38 bits per heavy atom. The van der Waals surface area contributed by atoms with Crippen molar-refractivity contribution in [1.29, 1.82) is 0 Å². The van der Waals surface area contributed by atoms with E-state index in [2.05, 4.69) is 19.2 Å². The van der Waals surface area contributed by atoms with Crippen molar-refractivity contribution in [2.45, 2.75) is 76.7 Å². The van der Waals surface area contributed by atoms with Crippen LogP contribution >= 0.6 is 0 Å². The minimum Gasteiger partial charge on any atom is -0.378 e. The summed E-state index contributed by atoms with van der Waals surface area (Å²) in [4.78, 5) is 0. The van der Waals surface area contributed by atoms with Crippen molar-refractivity contribution in [2.75, 3.05) is 6.61 Å². The van der Waals surface area contributed by atoms with Crippen LogP contribution in [0.5, 0.6) is 0 Å². The lowest BCUT2D eigenvalue weighted by molar-refractivity contribution is 0.0189. The standard InChI is InChI=1S/C20H34O/c1-3-5-16-21-20-14-12-19(13-15-20)11-10-18-8-6-17(4-2)7-9-18/h3-4,17-20H,1-2,5-16H2/t17-,18-,19-,20-. The van der Waals surface area contributed by atoms with Gasteiger partial charge in [0, 0.05) is 0 Å². The molecule has 0 radical (unpaired) electrons. The summed E-state index contributed by atoms with van der Waals surface area (Å²) in [5.74, 6) is 2.79. The topological polar surface area (TPSA) is 9.23 Å². The Morgan fingerprint density at radius 3 is 1.90 bits per heavy atom. The molecule has 0 aromatic heterocycles. The van der Waals surface area contributed by atoms with Gasteiger partial charge < -0.3 is 4.74 Å². The molecule has 2 fully saturated rings. The van der Waals surface area contributed by atoms with Crippen molar-refractivity contribution in [2.24, 2.45) is 17.8 Å². The molecule has 1 nitrogen and oxygen atoms in total. The zero-order valence-corrected chi connectivity index (χ0v) is 13.8. The SMILES string of the molecule is C=CCCO[C@H]1CC[C@H](CC[C@H]2CC[C@H](C=C)CC2)CC1. The molecular weight excluding hydrogens is 256 g/mol. The monoisotopic (exact) mass is 290 g/mol. The third-order valence-electron chi connectivity index (χ3n) is 5.68. The summed E-state index contributed by atoms with van der Waals surface area (Å²) in [6.45, 7) is 8.56. The first-order valence-corrected chi connectivity index (χ1v) is 9.16. The highest BCUT2D eigenvalue weighted by molar-refractivity contribution is 4.84. The van der Waals surface area contributed by atoms with Crippen LogP contribution in [-0.2, 0) is 4.74 Å².